The van der Waals surface area contributed by atoms with Gasteiger partial charge < -0.3 is 9.90 Å². The highest BCUT2D eigenvalue weighted by Crippen LogP contribution is 2.32. The molecule has 3 rings (SSSR count). The van der Waals surface area contributed by atoms with E-state index in [-0.39, 0.29) is 16.1 Å². The number of nitrogens with one attached hydrogen (secondary N) is 1. The number of carboxylic acids is 1. The number of hydrogen-bond donors (Lipinski definition) is 1. The fraction of sp³-hybridized carbons (Fsp3) is 0.190. The van der Waals surface area contributed by atoms with Crippen LogP contribution in [0.15, 0.2) is 47.4 Å². The van der Waals surface area contributed by atoms with Gasteiger partial charge in [-0.3, -0.25) is 4.72 Å². The smallest absolute Gasteiger partial charge is 0.262 e. The quantitative estimate of drug-likeness (QED) is 0.750. The topological polar surface area (TPSA) is 86.3 Å². The van der Waals surface area contributed by atoms with Crippen LogP contribution in [0.25, 0.3) is 10.8 Å². The molecule has 0 unspecified atom stereocenters. The van der Waals surface area contributed by atoms with Crippen molar-refractivity contribution in [3.8, 4) is 0 Å². The number of sulfonamides is 1. The summed E-state index contributed by atoms with van der Waals surface area (Å²) < 4.78 is 29.0. The molecule has 0 aromatic heterocycles. The highest BCUT2D eigenvalue weighted by Gasteiger charge is 2.23. The van der Waals surface area contributed by atoms with Crippen LogP contribution in [0.2, 0.25) is 0 Å². The van der Waals surface area contributed by atoms with Crippen molar-refractivity contribution in [3.63, 3.8) is 0 Å². The summed E-state index contributed by atoms with van der Waals surface area (Å²) in [5, 5.41) is 12.4. The molecule has 6 heteroatoms. The van der Waals surface area contributed by atoms with Crippen LogP contribution in [0.1, 0.15) is 32.6 Å². The normalized spacial score (nSPS) is 11.6. The first-order chi connectivity index (χ1) is 12.6. The van der Waals surface area contributed by atoms with Crippen LogP contribution in [-0.2, 0) is 10.0 Å². The predicted molar refractivity (Wildman–Crippen MR) is 104 cm³/mol. The number of aromatic carboxylic acids is 1. The van der Waals surface area contributed by atoms with Crippen LogP contribution < -0.4 is 9.83 Å². The van der Waals surface area contributed by atoms with E-state index in [1.165, 1.54) is 6.07 Å². The molecular weight excluding hydrogens is 362 g/mol. The third kappa shape index (κ3) is 3.28. The summed E-state index contributed by atoms with van der Waals surface area (Å²) in [5.74, 6) is -1.36. The molecule has 0 radical (unpaired) electrons. The maximum Gasteiger partial charge on any atom is 0.262 e. The van der Waals surface area contributed by atoms with Gasteiger partial charge in [-0.05, 0) is 61.4 Å². The number of carbonyl (C=O) groups is 1. The van der Waals surface area contributed by atoms with Crippen molar-refractivity contribution in [2.24, 2.45) is 0 Å². The van der Waals surface area contributed by atoms with Gasteiger partial charge in [0.2, 0.25) is 0 Å². The van der Waals surface area contributed by atoms with E-state index < -0.39 is 16.0 Å². The molecule has 0 heterocycles. The van der Waals surface area contributed by atoms with Gasteiger partial charge in [-0.2, -0.15) is 0 Å². The second-order valence-electron chi connectivity index (χ2n) is 6.69. The zero-order valence-corrected chi connectivity index (χ0v) is 16.4. The van der Waals surface area contributed by atoms with Crippen molar-refractivity contribution < 1.29 is 18.3 Å². The summed E-state index contributed by atoms with van der Waals surface area (Å²) in [6.07, 6.45) is 0. The van der Waals surface area contributed by atoms with E-state index in [2.05, 4.69) is 4.72 Å². The van der Waals surface area contributed by atoms with Crippen LogP contribution >= 0.6 is 0 Å². The van der Waals surface area contributed by atoms with Crippen molar-refractivity contribution in [2.45, 2.75) is 32.6 Å². The summed E-state index contributed by atoms with van der Waals surface area (Å²) in [7, 11) is -3.92. The predicted octanol–water partition coefficient (Wildman–Crippen LogP) is 3.24. The molecule has 0 saturated carbocycles. The Morgan fingerprint density at radius 3 is 2.04 bits per heavy atom. The Hall–Kier alpha value is -2.86. The maximum absolute atomic E-state index is 13.2. The first kappa shape index (κ1) is 18.9. The molecule has 0 saturated heterocycles. The van der Waals surface area contributed by atoms with Gasteiger partial charge in [0.1, 0.15) is 0 Å². The molecule has 0 spiro atoms. The van der Waals surface area contributed by atoms with Crippen LogP contribution in [0.4, 0.5) is 5.69 Å². The average molecular weight is 382 g/mol. The lowest BCUT2D eigenvalue weighted by Gasteiger charge is -2.18. The van der Waals surface area contributed by atoms with Crippen molar-refractivity contribution in [3.05, 3.63) is 70.3 Å². The lowest BCUT2D eigenvalue weighted by atomic mass is 10.0. The number of benzene rings is 3. The highest BCUT2D eigenvalue weighted by molar-refractivity contribution is 7.92. The molecule has 0 amide bonds. The maximum atomic E-state index is 13.2. The second kappa shape index (κ2) is 6.70. The zero-order chi connectivity index (χ0) is 19.9. The molecule has 3 aromatic carbocycles. The molecule has 5 nitrogen and oxygen atoms in total. The highest BCUT2D eigenvalue weighted by atomic mass is 32.2. The van der Waals surface area contributed by atoms with E-state index >= 15 is 0 Å². The fourth-order valence-electron chi connectivity index (χ4n) is 3.38. The fourth-order valence-corrected chi connectivity index (χ4v) is 5.07. The lowest BCUT2D eigenvalue weighted by Crippen LogP contribution is -2.23. The van der Waals surface area contributed by atoms with Crippen molar-refractivity contribution in [2.75, 3.05) is 4.72 Å². The van der Waals surface area contributed by atoms with Crippen molar-refractivity contribution >= 4 is 32.5 Å². The number of anilines is 1. The average Bonchev–Trinajstić information content (AvgIpc) is 2.59. The Morgan fingerprint density at radius 1 is 0.926 bits per heavy atom. The first-order valence-electron chi connectivity index (χ1n) is 8.47. The minimum Gasteiger partial charge on any atom is -0.545 e. The minimum atomic E-state index is -3.92. The molecular formula is C21H20NO4S-. The summed E-state index contributed by atoms with van der Waals surface area (Å²) in [6.45, 7) is 7.28. The van der Waals surface area contributed by atoms with E-state index in [0.717, 1.165) is 11.1 Å². The van der Waals surface area contributed by atoms with Gasteiger partial charge in [-0.25, -0.2) is 8.42 Å². The molecule has 140 valence electrons. The van der Waals surface area contributed by atoms with E-state index in [9.17, 15) is 18.3 Å². The molecule has 0 bridgehead atoms. The Labute approximate surface area is 158 Å². The monoisotopic (exact) mass is 382 g/mol. The molecule has 3 aromatic rings. The Morgan fingerprint density at radius 2 is 1.48 bits per heavy atom. The van der Waals surface area contributed by atoms with E-state index in [4.69, 9.17) is 0 Å². The van der Waals surface area contributed by atoms with Gasteiger partial charge in [0.05, 0.1) is 16.6 Å². The number of carbonyl (C=O) groups excluding carboxylic acids is 1. The Bertz CT molecular complexity index is 1150. The summed E-state index contributed by atoms with van der Waals surface area (Å²) >= 11 is 0. The third-order valence-corrected chi connectivity index (χ3v) is 6.57. The molecule has 0 aliphatic rings. The van der Waals surface area contributed by atoms with Gasteiger partial charge in [0, 0.05) is 10.9 Å². The number of aryl methyl sites for hydroxylation is 2. The van der Waals surface area contributed by atoms with E-state index in [0.29, 0.717) is 21.9 Å². The molecule has 0 aliphatic heterocycles. The molecule has 0 aliphatic carbocycles. The molecule has 1 N–H and O–H groups in total. The SMILES string of the molecule is Cc1cc(C)c(C)c(S(=O)(=O)Nc2cccc3cccc(C(=O)[O-])c23)c1C. The van der Waals surface area contributed by atoms with Gasteiger partial charge in [-0.1, -0.05) is 36.4 Å². The van der Waals surface area contributed by atoms with E-state index in [1.807, 2.05) is 19.9 Å². The summed E-state index contributed by atoms with van der Waals surface area (Å²) in [5.41, 5.74) is 3.26. The van der Waals surface area contributed by atoms with Crippen LogP contribution in [0, 0.1) is 27.7 Å². The molecule has 0 atom stereocenters. The van der Waals surface area contributed by atoms with Crippen LogP contribution in [0.5, 0.6) is 0 Å². The second-order valence-corrected chi connectivity index (χ2v) is 8.31. The first-order valence-corrected chi connectivity index (χ1v) is 9.95. The lowest BCUT2D eigenvalue weighted by molar-refractivity contribution is -0.254. The summed E-state index contributed by atoms with van der Waals surface area (Å²) in [4.78, 5) is 11.7. The van der Waals surface area contributed by atoms with Crippen LogP contribution in [0.3, 0.4) is 0 Å². The zero-order valence-electron chi connectivity index (χ0n) is 15.6. The Balaban J connectivity index is 2.24. The van der Waals surface area contributed by atoms with Crippen LogP contribution in [-0.4, -0.2) is 14.4 Å². The summed E-state index contributed by atoms with van der Waals surface area (Å²) in [6, 6.07) is 11.7. The van der Waals surface area contributed by atoms with Crippen molar-refractivity contribution in [1.29, 1.82) is 0 Å². The molecule has 27 heavy (non-hydrogen) atoms. The van der Waals surface area contributed by atoms with E-state index in [1.54, 1.807) is 44.2 Å². The third-order valence-electron chi connectivity index (χ3n) is 4.93. The largest absolute Gasteiger partial charge is 0.545 e. The van der Waals surface area contributed by atoms with Gasteiger partial charge in [0.15, 0.2) is 0 Å². The minimum absolute atomic E-state index is 0.0559. The number of fused-ring (bicyclic) bond motifs is 1. The van der Waals surface area contributed by atoms with Gasteiger partial charge >= 0.3 is 0 Å². The molecule has 0 fully saturated rings. The number of carboxylic acid groups (broad SMARTS) is 1. The van der Waals surface area contributed by atoms with Gasteiger partial charge in [-0.15, -0.1) is 0 Å². The Kier molecular flexibility index (Phi) is 4.70. The standard InChI is InChI=1S/C21H21NO4S/c1-12-11-13(2)15(4)20(14(12)3)27(25,26)22-18-10-6-8-16-7-5-9-17(19(16)18)21(23)24/h5-11,22H,1-4H3,(H,23,24)/p-1. The number of rotatable bonds is 4. The van der Waals surface area contributed by atoms with Gasteiger partial charge in [0.25, 0.3) is 10.0 Å². The number of hydrogen-bond acceptors (Lipinski definition) is 4. The van der Waals surface area contributed by atoms with Crippen molar-refractivity contribution in [1.82, 2.24) is 0 Å².